The Bertz CT molecular complexity index is 772. The third kappa shape index (κ3) is 5.17. The maximum atomic E-state index is 12.7. The summed E-state index contributed by atoms with van der Waals surface area (Å²) in [5, 5.41) is 11.3. The van der Waals surface area contributed by atoms with Crippen LogP contribution in [0.5, 0.6) is 0 Å². The predicted octanol–water partition coefficient (Wildman–Crippen LogP) is 3.96. The van der Waals surface area contributed by atoms with E-state index in [1.165, 1.54) is 23.1 Å². The Labute approximate surface area is 163 Å². The summed E-state index contributed by atoms with van der Waals surface area (Å²) in [4.78, 5) is 24.6. The molecular formula is C18H21Cl2N3O3. The molecule has 2 aromatic carbocycles. The van der Waals surface area contributed by atoms with E-state index >= 15 is 0 Å². The van der Waals surface area contributed by atoms with E-state index in [0.717, 1.165) is 5.56 Å². The minimum atomic E-state index is -0.490. The van der Waals surface area contributed by atoms with Gasteiger partial charge in [0.1, 0.15) is 0 Å². The first-order chi connectivity index (χ1) is 11.8. The van der Waals surface area contributed by atoms with Gasteiger partial charge in [-0.3, -0.25) is 14.9 Å². The van der Waals surface area contributed by atoms with Gasteiger partial charge >= 0.3 is 0 Å². The number of nitro benzene ring substituents is 1. The highest BCUT2D eigenvalue weighted by atomic mass is 35.5. The van der Waals surface area contributed by atoms with Crippen molar-refractivity contribution >= 4 is 35.6 Å². The van der Waals surface area contributed by atoms with E-state index in [4.69, 9.17) is 17.3 Å². The zero-order valence-corrected chi connectivity index (χ0v) is 16.0. The lowest BCUT2D eigenvalue weighted by Gasteiger charge is -2.26. The van der Waals surface area contributed by atoms with Gasteiger partial charge in [0.15, 0.2) is 0 Å². The Kier molecular flexibility index (Phi) is 8.02. The Balaban J connectivity index is 0.00000338. The van der Waals surface area contributed by atoms with Crippen molar-refractivity contribution in [3.8, 4) is 0 Å². The fraction of sp³-hybridized carbons (Fsp3) is 0.278. The lowest BCUT2D eigenvalue weighted by atomic mass is 9.94. The molecule has 0 heterocycles. The standard InChI is InChI=1S/C18H20ClN3O3.ClH/c1-12(17(20)13-6-4-3-5-7-13)18(23)21(2)11-14-10-15(22(24)25)8-9-16(14)19;/h3-10,12,17H,11,20H2,1-2H3;1H. The van der Waals surface area contributed by atoms with Gasteiger partial charge in [0.2, 0.25) is 5.91 Å². The maximum Gasteiger partial charge on any atom is 0.269 e. The van der Waals surface area contributed by atoms with Crippen LogP contribution in [0, 0.1) is 16.0 Å². The Morgan fingerprint density at radius 3 is 2.46 bits per heavy atom. The predicted molar refractivity (Wildman–Crippen MR) is 104 cm³/mol. The third-order valence-electron chi connectivity index (χ3n) is 4.14. The number of nitro groups is 1. The van der Waals surface area contributed by atoms with Crippen LogP contribution < -0.4 is 5.73 Å². The Hall–Kier alpha value is -2.15. The van der Waals surface area contributed by atoms with Gasteiger partial charge in [-0.05, 0) is 17.2 Å². The summed E-state index contributed by atoms with van der Waals surface area (Å²) in [7, 11) is 1.63. The molecule has 0 aliphatic carbocycles. The minimum absolute atomic E-state index is 0. The van der Waals surface area contributed by atoms with Crippen LogP contribution in [-0.4, -0.2) is 22.8 Å². The van der Waals surface area contributed by atoms with Gasteiger partial charge in [0.05, 0.1) is 10.8 Å². The van der Waals surface area contributed by atoms with Crippen LogP contribution in [0.3, 0.4) is 0 Å². The van der Waals surface area contributed by atoms with E-state index in [1.54, 1.807) is 14.0 Å². The molecule has 0 radical (unpaired) electrons. The SMILES string of the molecule is CC(C(=O)N(C)Cc1cc([N+](=O)[O-])ccc1Cl)C(N)c1ccccc1.Cl. The van der Waals surface area contributed by atoms with Crippen molar-refractivity contribution in [3.05, 3.63) is 74.8 Å². The number of hydrogen-bond acceptors (Lipinski definition) is 4. The topological polar surface area (TPSA) is 89.5 Å². The summed E-state index contributed by atoms with van der Waals surface area (Å²) in [6.07, 6.45) is 0. The van der Waals surface area contributed by atoms with E-state index in [1.807, 2.05) is 30.3 Å². The van der Waals surface area contributed by atoms with Crippen LogP contribution in [-0.2, 0) is 11.3 Å². The van der Waals surface area contributed by atoms with Crippen LogP contribution in [0.15, 0.2) is 48.5 Å². The molecule has 2 N–H and O–H groups in total. The van der Waals surface area contributed by atoms with Crippen molar-refractivity contribution in [1.29, 1.82) is 0 Å². The highest BCUT2D eigenvalue weighted by Gasteiger charge is 2.25. The molecule has 0 saturated carbocycles. The molecule has 0 aromatic heterocycles. The first-order valence-corrected chi connectivity index (χ1v) is 8.17. The zero-order valence-electron chi connectivity index (χ0n) is 14.5. The fourth-order valence-electron chi connectivity index (χ4n) is 2.59. The van der Waals surface area contributed by atoms with Gasteiger partial charge in [-0.2, -0.15) is 0 Å². The van der Waals surface area contributed by atoms with Crippen LogP contribution >= 0.6 is 24.0 Å². The number of non-ortho nitro benzene ring substituents is 1. The van der Waals surface area contributed by atoms with E-state index in [9.17, 15) is 14.9 Å². The summed E-state index contributed by atoms with van der Waals surface area (Å²) in [6, 6.07) is 13.1. The second-order valence-corrected chi connectivity index (χ2v) is 6.36. The molecule has 2 rings (SSSR count). The van der Waals surface area contributed by atoms with Crippen molar-refractivity contribution in [2.24, 2.45) is 11.7 Å². The van der Waals surface area contributed by atoms with Crippen molar-refractivity contribution in [2.75, 3.05) is 7.05 Å². The monoisotopic (exact) mass is 397 g/mol. The first-order valence-electron chi connectivity index (χ1n) is 7.79. The van der Waals surface area contributed by atoms with E-state index in [2.05, 4.69) is 0 Å². The fourth-order valence-corrected chi connectivity index (χ4v) is 2.77. The Morgan fingerprint density at radius 1 is 1.27 bits per heavy atom. The van der Waals surface area contributed by atoms with Crippen molar-refractivity contribution in [1.82, 2.24) is 4.90 Å². The van der Waals surface area contributed by atoms with E-state index in [-0.39, 0.29) is 30.5 Å². The average Bonchev–Trinajstić information content (AvgIpc) is 2.62. The highest BCUT2D eigenvalue weighted by Crippen LogP contribution is 2.25. The summed E-state index contributed by atoms with van der Waals surface area (Å²) in [6.45, 7) is 1.94. The number of nitrogens with zero attached hydrogens (tertiary/aromatic N) is 2. The van der Waals surface area contributed by atoms with Gasteiger partial charge < -0.3 is 10.6 Å². The lowest BCUT2D eigenvalue weighted by Crippen LogP contribution is -2.36. The number of benzene rings is 2. The normalized spacial score (nSPS) is 12.6. The van der Waals surface area contributed by atoms with Crippen LogP contribution in [0.1, 0.15) is 24.1 Å². The minimum Gasteiger partial charge on any atom is -0.341 e. The smallest absolute Gasteiger partial charge is 0.269 e. The number of nitrogens with two attached hydrogens (primary N) is 1. The Morgan fingerprint density at radius 2 is 1.88 bits per heavy atom. The highest BCUT2D eigenvalue weighted by molar-refractivity contribution is 6.31. The van der Waals surface area contributed by atoms with Gasteiger partial charge in [-0.25, -0.2) is 0 Å². The zero-order chi connectivity index (χ0) is 18.6. The number of hydrogen-bond donors (Lipinski definition) is 1. The molecule has 0 fully saturated rings. The third-order valence-corrected chi connectivity index (χ3v) is 4.51. The summed E-state index contributed by atoms with van der Waals surface area (Å²) in [5.74, 6) is -0.594. The molecule has 0 saturated heterocycles. The number of amides is 1. The lowest BCUT2D eigenvalue weighted by molar-refractivity contribution is -0.384. The molecule has 2 aromatic rings. The second-order valence-electron chi connectivity index (χ2n) is 5.95. The van der Waals surface area contributed by atoms with Crippen molar-refractivity contribution in [2.45, 2.75) is 19.5 Å². The van der Waals surface area contributed by atoms with E-state index < -0.39 is 16.9 Å². The van der Waals surface area contributed by atoms with Crippen molar-refractivity contribution < 1.29 is 9.72 Å². The van der Waals surface area contributed by atoms with Gasteiger partial charge in [0.25, 0.3) is 5.69 Å². The molecule has 2 atom stereocenters. The molecule has 1 amide bonds. The molecule has 2 unspecified atom stereocenters. The first kappa shape index (κ1) is 21.9. The molecule has 140 valence electrons. The van der Waals surface area contributed by atoms with Gasteiger partial charge in [0, 0.05) is 36.8 Å². The average molecular weight is 398 g/mol. The van der Waals surface area contributed by atoms with Crippen LogP contribution in [0.4, 0.5) is 5.69 Å². The molecule has 8 heteroatoms. The molecule has 0 bridgehead atoms. The summed E-state index contributed by atoms with van der Waals surface area (Å²) in [5.41, 5.74) is 7.54. The number of carbonyl (C=O) groups is 1. The van der Waals surface area contributed by atoms with Crippen LogP contribution in [0.2, 0.25) is 5.02 Å². The molecular weight excluding hydrogens is 377 g/mol. The second kappa shape index (κ2) is 9.52. The van der Waals surface area contributed by atoms with Gasteiger partial charge in [-0.1, -0.05) is 48.9 Å². The molecule has 0 spiro atoms. The number of halogens is 2. The van der Waals surface area contributed by atoms with Crippen LogP contribution in [0.25, 0.3) is 0 Å². The van der Waals surface area contributed by atoms with E-state index in [0.29, 0.717) is 10.6 Å². The maximum absolute atomic E-state index is 12.7. The molecule has 26 heavy (non-hydrogen) atoms. The molecule has 0 aliphatic heterocycles. The molecule has 6 nitrogen and oxygen atoms in total. The number of rotatable bonds is 6. The summed E-state index contributed by atoms with van der Waals surface area (Å²) < 4.78 is 0. The number of carbonyl (C=O) groups excluding carboxylic acids is 1. The van der Waals surface area contributed by atoms with Gasteiger partial charge in [-0.15, -0.1) is 12.4 Å². The molecule has 0 aliphatic rings. The largest absolute Gasteiger partial charge is 0.341 e. The summed E-state index contributed by atoms with van der Waals surface area (Å²) >= 11 is 6.10. The quantitative estimate of drug-likeness (QED) is 0.589. The van der Waals surface area contributed by atoms with Crippen molar-refractivity contribution in [3.63, 3.8) is 0 Å².